The maximum atomic E-state index is 13.1. The van der Waals surface area contributed by atoms with E-state index in [1.165, 1.54) is 6.42 Å². The third-order valence-corrected chi connectivity index (χ3v) is 5.36. The molecule has 2 aliphatic rings. The van der Waals surface area contributed by atoms with Crippen LogP contribution in [0.3, 0.4) is 0 Å². The zero-order valence-corrected chi connectivity index (χ0v) is 14.3. The number of hydrogen-bond donors (Lipinski definition) is 0. The molecule has 124 valence electrons. The third-order valence-electron chi connectivity index (χ3n) is 5.12. The fourth-order valence-electron chi connectivity index (χ4n) is 3.99. The normalized spacial score (nSPS) is 22.0. The molecule has 1 aromatic heterocycles. The molecule has 4 nitrogen and oxygen atoms in total. The molecule has 1 aromatic carbocycles. The van der Waals surface area contributed by atoms with Gasteiger partial charge in [0.1, 0.15) is 5.75 Å². The van der Waals surface area contributed by atoms with Gasteiger partial charge < -0.3 is 9.64 Å². The van der Waals surface area contributed by atoms with Gasteiger partial charge in [0.05, 0.1) is 18.4 Å². The Labute approximate surface area is 146 Å². The van der Waals surface area contributed by atoms with Crippen LogP contribution in [-0.2, 0) is 0 Å². The Balaban J connectivity index is 1.76. The maximum absolute atomic E-state index is 13.1. The van der Waals surface area contributed by atoms with E-state index in [1.54, 1.807) is 31.5 Å². The van der Waals surface area contributed by atoms with Crippen LogP contribution >= 0.6 is 11.6 Å². The molecule has 2 fully saturated rings. The second-order valence-corrected chi connectivity index (χ2v) is 6.97. The van der Waals surface area contributed by atoms with E-state index in [2.05, 4.69) is 4.98 Å². The minimum atomic E-state index is 0.0623. The fraction of sp³-hybridized carbons (Fsp3) is 0.368. The number of aromatic nitrogens is 1. The van der Waals surface area contributed by atoms with Crippen molar-refractivity contribution >= 4 is 17.5 Å². The van der Waals surface area contributed by atoms with Gasteiger partial charge in [-0.05, 0) is 55.5 Å². The summed E-state index contributed by atoms with van der Waals surface area (Å²) in [6, 6.07) is 9.41. The molecule has 1 saturated carbocycles. The topological polar surface area (TPSA) is 42.4 Å². The van der Waals surface area contributed by atoms with E-state index in [4.69, 9.17) is 16.3 Å². The van der Waals surface area contributed by atoms with E-state index in [1.807, 2.05) is 17.0 Å². The third kappa shape index (κ3) is 2.55. The van der Waals surface area contributed by atoms with Gasteiger partial charge >= 0.3 is 0 Å². The largest absolute Gasteiger partial charge is 0.496 e. The Morgan fingerprint density at radius 2 is 2.21 bits per heavy atom. The number of hydrogen-bond acceptors (Lipinski definition) is 3. The molecule has 2 bridgehead atoms. The lowest BCUT2D eigenvalue weighted by molar-refractivity contribution is 0.0704. The van der Waals surface area contributed by atoms with Gasteiger partial charge in [0, 0.05) is 29.4 Å². The highest BCUT2D eigenvalue weighted by atomic mass is 35.5. The zero-order valence-electron chi connectivity index (χ0n) is 13.5. The molecule has 5 heteroatoms. The van der Waals surface area contributed by atoms with Crippen molar-refractivity contribution in [2.45, 2.75) is 25.3 Å². The highest BCUT2D eigenvalue weighted by molar-refractivity contribution is 6.31. The molecule has 0 unspecified atom stereocenters. The van der Waals surface area contributed by atoms with Crippen molar-refractivity contribution in [3.05, 3.63) is 47.1 Å². The van der Waals surface area contributed by atoms with Gasteiger partial charge in [-0.2, -0.15) is 0 Å². The van der Waals surface area contributed by atoms with E-state index in [0.29, 0.717) is 34.0 Å². The highest BCUT2D eigenvalue weighted by Crippen LogP contribution is 2.39. The Morgan fingerprint density at radius 3 is 2.92 bits per heavy atom. The smallest absolute Gasteiger partial charge is 0.256 e. The van der Waals surface area contributed by atoms with Gasteiger partial charge in [0.15, 0.2) is 0 Å². The number of pyridine rings is 1. The minimum absolute atomic E-state index is 0.0623. The summed E-state index contributed by atoms with van der Waals surface area (Å²) < 4.78 is 5.44. The number of piperidine rings is 1. The van der Waals surface area contributed by atoms with Crippen molar-refractivity contribution in [2.75, 3.05) is 13.7 Å². The molecule has 2 atom stereocenters. The summed E-state index contributed by atoms with van der Waals surface area (Å²) >= 11 is 6.16. The molecular weight excluding hydrogens is 324 g/mol. The SMILES string of the molecule is COc1ccc(Cl)cc1-c1ncccc1C(=O)N1C[C@@H]2CC[C@H]1C2. The summed E-state index contributed by atoms with van der Waals surface area (Å²) in [7, 11) is 1.61. The zero-order chi connectivity index (χ0) is 16.7. The standard InChI is InChI=1S/C19H19ClN2O2/c1-24-17-7-5-13(20)10-16(17)18-15(3-2-8-21-18)19(23)22-11-12-4-6-14(22)9-12/h2-3,5,7-8,10,12,14H,4,6,9,11H2,1H3/t12-,14+/m1/s1. The number of halogens is 1. The predicted molar refractivity (Wildman–Crippen MR) is 93.4 cm³/mol. The first-order chi connectivity index (χ1) is 11.7. The van der Waals surface area contributed by atoms with Crippen molar-refractivity contribution in [3.8, 4) is 17.0 Å². The van der Waals surface area contributed by atoms with E-state index >= 15 is 0 Å². The van der Waals surface area contributed by atoms with Gasteiger partial charge in [0.2, 0.25) is 0 Å². The molecule has 4 rings (SSSR count). The Hall–Kier alpha value is -2.07. The monoisotopic (exact) mass is 342 g/mol. The summed E-state index contributed by atoms with van der Waals surface area (Å²) in [6.07, 6.45) is 5.20. The second-order valence-electron chi connectivity index (χ2n) is 6.53. The van der Waals surface area contributed by atoms with Crippen LogP contribution in [0.1, 0.15) is 29.6 Å². The van der Waals surface area contributed by atoms with E-state index in [-0.39, 0.29) is 5.91 Å². The number of benzene rings is 1. The van der Waals surface area contributed by atoms with Gasteiger partial charge in [0.25, 0.3) is 5.91 Å². The molecule has 2 heterocycles. The number of ether oxygens (including phenoxy) is 1. The average molecular weight is 343 g/mol. The highest BCUT2D eigenvalue weighted by Gasteiger charge is 2.41. The molecule has 1 aliphatic carbocycles. The van der Waals surface area contributed by atoms with Crippen LogP contribution in [0, 0.1) is 5.92 Å². The van der Waals surface area contributed by atoms with Crippen molar-refractivity contribution in [1.29, 1.82) is 0 Å². The van der Waals surface area contributed by atoms with Crippen LogP contribution in [0.4, 0.5) is 0 Å². The number of carbonyl (C=O) groups is 1. The summed E-state index contributed by atoms with van der Waals surface area (Å²) in [5.41, 5.74) is 1.99. The van der Waals surface area contributed by atoms with E-state index < -0.39 is 0 Å². The van der Waals surface area contributed by atoms with Gasteiger partial charge in [-0.25, -0.2) is 0 Å². The molecule has 1 aliphatic heterocycles. The lowest BCUT2D eigenvalue weighted by atomic mass is 10.0. The van der Waals surface area contributed by atoms with Crippen LogP contribution in [-0.4, -0.2) is 35.5 Å². The molecule has 2 aromatic rings. The number of nitrogens with zero attached hydrogens (tertiary/aromatic N) is 2. The van der Waals surface area contributed by atoms with Crippen LogP contribution in [0.15, 0.2) is 36.5 Å². The van der Waals surface area contributed by atoms with Gasteiger partial charge in [-0.3, -0.25) is 9.78 Å². The quantitative estimate of drug-likeness (QED) is 0.845. The molecule has 1 amide bonds. The number of methoxy groups -OCH3 is 1. The summed E-state index contributed by atoms with van der Waals surface area (Å²) in [6.45, 7) is 0.866. The van der Waals surface area contributed by atoms with E-state index in [0.717, 1.165) is 24.9 Å². The maximum Gasteiger partial charge on any atom is 0.256 e. The molecule has 1 saturated heterocycles. The van der Waals surface area contributed by atoms with Gasteiger partial charge in [-0.15, -0.1) is 0 Å². The number of rotatable bonds is 3. The van der Waals surface area contributed by atoms with Crippen molar-refractivity contribution in [3.63, 3.8) is 0 Å². The first-order valence-corrected chi connectivity index (χ1v) is 8.65. The van der Waals surface area contributed by atoms with Gasteiger partial charge in [-0.1, -0.05) is 11.6 Å². The summed E-state index contributed by atoms with van der Waals surface area (Å²) in [5.74, 6) is 1.39. The number of likely N-dealkylation sites (tertiary alicyclic amines) is 1. The van der Waals surface area contributed by atoms with Crippen molar-refractivity contribution in [1.82, 2.24) is 9.88 Å². The minimum Gasteiger partial charge on any atom is -0.496 e. The second kappa shape index (κ2) is 6.10. The molecule has 0 N–H and O–H groups in total. The molecule has 0 radical (unpaired) electrons. The Bertz CT molecular complexity index is 793. The summed E-state index contributed by atoms with van der Waals surface area (Å²) in [4.78, 5) is 19.6. The average Bonchev–Trinajstić information content (AvgIpc) is 3.24. The number of amides is 1. The molecule has 24 heavy (non-hydrogen) atoms. The van der Waals surface area contributed by atoms with Crippen LogP contribution in [0.5, 0.6) is 5.75 Å². The Morgan fingerprint density at radius 1 is 1.33 bits per heavy atom. The fourth-order valence-corrected chi connectivity index (χ4v) is 4.16. The van der Waals surface area contributed by atoms with Crippen LogP contribution in [0.2, 0.25) is 5.02 Å². The number of fused-ring (bicyclic) bond motifs is 2. The van der Waals surface area contributed by atoms with E-state index in [9.17, 15) is 4.79 Å². The first kappa shape index (κ1) is 15.5. The van der Waals surface area contributed by atoms with Crippen LogP contribution in [0.25, 0.3) is 11.3 Å². The first-order valence-electron chi connectivity index (χ1n) is 8.27. The summed E-state index contributed by atoms with van der Waals surface area (Å²) in [5, 5.41) is 0.593. The number of carbonyl (C=O) groups excluding carboxylic acids is 1. The van der Waals surface area contributed by atoms with Crippen molar-refractivity contribution < 1.29 is 9.53 Å². The predicted octanol–water partition coefficient (Wildman–Crippen LogP) is 4.04. The molecule has 0 spiro atoms. The lowest BCUT2D eigenvalue weighted by Crippen LogP contribution is -2.37. The molecular formula is C19H19ClN2O2. The Kier molecular flexibility index (Phi) is 3.93. The van der Waals surface area contributed by atoms with Crippen LogP contribution < -0.4 is 4.74 Å². The lowest BCUT2D eigenvalue weighted by Gasteiger charge is -2.27. The van der Waals surface area contributed by atoms with Crippen molar-refractivity contribution in [2.24, 2.45) is 5.92 Å².